The van der Waals surface area contributed by atoms with Gasteiger partial charge in [-0.1, -0.05) is 25.1 Å². The van der Waals surface area contributed by atoms with Crippen molar-refractivity contribution in [2.75, 3.05) is 20.1 Å². The third-order valence-corrected chi connectivity index (χ3v) is 3.84. The van der Waals surface area contributed by atoms with Crippen LogP contribution in [0.4, 0.5) is 4.39 Å². The Morgan fingerprint density at radius 2 is 2.17 bits per heavy atom. The van der Waals surface area contributed by atoms with Gasteiger partial charge in [0, 0.05) is 24.7 Å². The summed E-state index contributed by atoms with van der Waals surface area (Å²) in [4.78, 5) is 2.21. The molecular weight excluding hydrogens is 227 g/mol. The quantitative estimate of drug-likeness (QED) is 0.883. The first kappa shape index (κ1) is 13.5. The van der Waals surface area contributed by atoms with Gasteiger partial charge in [-0.05, 0) is 38.4 Å². The maximum Gasteiger partial charge on any atom is 0.127 e. The zero-order valence-electron chi connectivity index (χ0n) is 11.3. The molecule has 1 aromatic carbocycles. The summed E-state index contributed by atoms with van der Waals surface area (Å²) < 4.78 is 13.6. The van der Waals surface area contributed by atoms with Crippen molar-refractivity contribution in [2.45, 2.75) is 32.4 Å². The smallest absolute Gasteiger partial charge is 0.127 e. The second-order valence-corrected chi connectivity index (χ2v) is 5.47. The molecule has 2 unspecified atom stereocenters. The molecule has 1 N–H and O–H groups in total. The van der Waals surface area contributed by atoms with Crippen LogP contribution >= 0.6 is 0 Å². The molecule has 0 aromatic heterocycles. The van der Waals surface area contributed by atoms with E-state index in [9.17, 15) is 4.39 Å². The average Bonchev–Trinajstić information content (AvgIpc) is 2.35. The van der Waals surface area contributed by atoms with Gasteiger partial charge in [-0.3, -0.25) is 0 Å². The molecule has 2 atom stereocenters. The Bertz CT molecular complexity index is 381. The van der Waals surface area contributed by atoms with Gasteiger partial charge in [-0.15, -0.1) is 0 Å². The molecule has 1 fully saturated rings. The van der Waals surface area contributed by atoms with Crippen LogP contribution in [0.1, 0.15) is 25.3 Å². The van der Waals surface area contributed by atoms with E-state index in [4.69, 9.17) is 0 Å². The molecule has 1 aromatic rings. The number of benzene rings is 1. The number of likely N-dealkylation sites (N-methyl/N-ethyl adjacent to an activating group) is 1. The highest BCUT2D eigenvalue weighted by molar-refractivity contribution is 5.17. The molecule has 18 heavy (non-hydrogen) atoms. The van der Waals surface area contributed by atoms with Crippen molar-refractivity contribution in [3.63, 3.8) is 0 Å². The molecule has 0 spiro atoms. The summed E-state index contributed by atoms with van der Waals surface area (Å²) in [7, 11) is 2.06. The molecule has 2 rings (SSSR count). The Kier molecular flexibility index (Phi) is 4.72. The predicted octanol–water partition coefficient (Wildman–Crippen LogP) is 2.65. The van der Waals surface area contributed by atoms with Crippen LogP contribution in [0.15, 0.2) is 24.3 Å². The zero-order valence-corrected chi connectivity index (χ0v) is 11.3. The summed E-state index contributed by atoms with van der Waals surface area (Å²) in [5.41, 5.74) is 0.781. The van der Waals surface area contributed by atoms with Crippen molar-refractivity contribution in [3.8, 4) is 0 Å². The lowest BCUT2D eigenvalue weighted by atomic mass is 9.92. The number of halogens is 1. The molecule has 0 aliphatic carbocycles. The first-order valence-electron chi connectivity index (χ1n) is 6.82. The number of hydrogen-bond donors (Lipinski definition) is 1. The number of hydrogen-bond acceptors (Lipinski definition) is 2. The number of nitrogens with one attached hydrogen (secondary N) is 1. The summed E-state index contributed by atoms with van der Waals surface area (Å²) in [5.74, 6) is 0.607. The third kappa shape index (κ3) is 3.53. The summed E-state index contributed by atoms with van der Waals surface area (Å²) in [6.07, 6.45) is 2.57. The van der Waals surface area contributed by atoms with Crippen LogP contribution in [0.3, 0.4) is 0 Å². The van der Waals surface area contributed by atoms with Gasteiger partial charge in [-0.25, -0.2) is 4.39 Å². The highest BCUT2D eigenvalue weighted by atomic mass is 19.1. The van der Waals surface area contributed by atoms with Gasteiger partial charge < -0.3 is 10.2 Å². The van der Waals surface area contributed by atoms with E-state index in [-0.39, 0.29) is 5.82 Å². The number of piperidine rings is 1. The van der Waals surface area contributed by atoms with Crippen LogP contribution in [0, 0.1) is 11.7 Å². The minimum Gasteiger partial charge on any atom is -0.312 e. The van der Waals surface area contributed by atoms with E-state index in [1.54, 1.807) is 6.07 Å². The maximum atomic E-state index is 13.6. The van der Waals surface area contributed by atoms with Gasteiger partial charge in [0.05, 0.1) is 0 Å². The van der Waals surface area contributed by atoms with E-state index in [0.717, 1.165) is 18.7 Å². The number of nitrogens with zero attached hydrogens (tertiary/aromatic N) is 1. The zero-order chi connectivity index (χ0) is 13.0. The standard InChI is InChI=1S/C15H23FN2/c1-12-6-5-9-17-15(12)11-18(2)10-13-7-3-4-8-14(13)16/h3-4,7-8,12,15,17H,5-6,9-11H2,1-2H3. The fraction of sp³-hybridized carbons (Fsp3) is 0.600. The van der Waals surface area contributed by atoms with Crippen LogP contribution in [-0.4, -0.2) is 31.1 Å². The molecule has 2 nitrogen and oxygen atoms in total. The number of rotatable bonds is 4. The summed E-state index contributed by atoms with van der Waals surface area (Å²) in [5, 5.41) is 3.56. The highest BCUT2D eigenvalue weighted by Gasteiger charge is 2.22. The lowest BCUT2D eigenvalue weighted by molar-refractivity contribution is 0.210. The first-order valence-corrected chi connectivity index (χ1v) is 6.82. The van der Waals surface area contributed by atoms with Crippen LogP contribution in [-0.2, 0) is 6.54 Å². The van der Waals surface area contributed by atoms with Gasteiger partial charge >= 0.3 is 0 Å². The van der Waals surface area contributed by atoms with E-state index in [1.807, 2.05) is 12.1 Å². The minimum absolute atomic E-state index is 0.103. The molecule has 1 aliphatic heterocycles. The van der Waals surface area contributed by atoms with Crippen molar-refractivity contribution in [1.82, 2.24) is 10.2 Å². The highest BCUT2D eigenvalue weighted by Crippen LogP contribution is 2.17. The lowest BCUT2D eigenvalue weighted by Gasteiger charge is -2.33. The van der Waals surface area contributed by atoms with E-state index in [2.05, 4.69) is 24.2 Å². The minimum atomic E-state index is -0.103. The molecule has 0 amide bonds. The van der Waals surface area contributed by atoms with Crippen LogP contribution in [0.5, 0.6) is 0 Å². The van der Waals surface area contributed by atoms with Crippen molar-refractivity contribution < 1.29 is 4.39 Å². The van der Waals surface area contributed by atoms with Crippen molar-refractivity contribution in [2.24, 2.45) is 5.92 Å². The topological polar surface area (TPSA) is 15.3 Å². The maximum absolute atomic E-state index is 13.6. The lowest BCUT2D eigenvalue weighted by Crippen LogP contribution is -2.46. The summed E-state index contributed by atoms with van der Waals surface area (Å²) in [6, 6.07) is 7.57. The monoisotopic (exact) mass is 250 g/mol. The van der Waals surface area contributed by atoms with Gasteiger partial charge in [0.25, 0.3) is 0 Å². The van der Waals surface area contributed by atoms with Crippen molar-refractivity contribution in [1.29, 1.82) is 0 Å². The molecule has 1 saturated heterocycles. The fourth-order valence-corrected chi connectivity index (χ4v) is 2.68. The van der Waals surface area contributed by atoms with Crippen molar-refractivity contribution in [3.05, 3.63) is 35.6 Å². The van der Waals surface area contributed by atoms with Crippen LogP contribution in [0.2, 0.25) is 0 Å². The molecule has 1 heterocycles. The molecule has 0 saturated carbocycles. The molecule has 100 valence electrons. The Hall–Kier alpha value is -0.930. The normalized spacial score (nSPS) is 24.4. The van der Waals surface area contributed by atoms with Gasteiger partial charge in [0.15, 0.2) is 0 Å². The largest absolute Gasteiger partial charge is 0.312 e. The Morgan fingerprint density at radius 3 is 2.89 bits per heavy atom. The Morgan fingerprint density at radius 1 is 1.39 bits per heavy atom. The third-order valence-electron chi connectivity index (χ3n) is 3.84. The van der Waals surface area contributed by atoms with E-state index >= 15 is 0 Å². The van der Waals surface area contributed by atoms with Gasteiger partial charge in [-0.2, -0.15) is 0 Å². The van der Waals surface area contributed by atoms with E-state index < -0.39 is 0 Å². The van der Waals surface area contributed by atoms with Crippen molar-refractivity contribution >= 4 is 0 Å². The molecule has 0 bridgehead atoms. The summed E-state index contributed by atoms with van der Waals surface area (Å²) in [6.45, 7) is 5.07. The van der Waals surface area contributed by atoms with Crippen LogP contribution < -0.4 is 5.32 Å². The molecule has 0 radical (unpaired) electrons. The van der Waals surface area contributed by atoms with Crippen LogP contribution in [0.25, 0.3) is 0 Å². The van der Waals surface area contributed by atoms with E-state index in [0.29, 0.717) is 18.5 Å². The predicted molar refractivity (Wildman–Crippen MR) is 72.9 cm³/mol. The summed E-state index contributed by atoms with van der Waals surface area (Å²) >= 11 is 0. The molecular formula is C15H23FN2. The van der Waals surface area contributed by atoms with Gasteiger partial charge in [0.1, 0.15) is 5.82 Å². The average molecular weight is 250 g/mol. The van der Waals surface area contributed by atoms with Gasteiger partial charge in [0.2, 0.25) is 0 Å². The Labute approximate surface area is 109 Å². The van der Waals surface area contributed by atoms with E-state index in [1.165, 1.54) is 18.9 Å². The second-order valence-electron chi connectivity index (χ2n) is 5.47. The first-order chi connectivity index (χ1) is 8.66. The fourth-order valence-electron chi connectivity index (χ4n) is 2.68. The Balaban J connectivity index is 1.88. The second kappa shape index (κ2) is 6.30. The molecule has 1 aliphatic rings. The SMILES string of the molecule is CC1CCCNC1CN(C)Cc1ccccc1F. The molecule has 3 heteroatoms.